The highest BCUT2D eigenvalue weighted by molar-refractivity contribution is 5.53. The first-order valence-electron chi connectivity index (χ1n) is 6.60. The first-order chi connectivity index (χ1) is 8.70. The Kier molecular flexibility index (Phi) is 2.98. The van der Waals surface area contributed by atoms with E-state index in [4.69, 9.17) is 0 Å². The third kappa shape index (κ3) is 1.79. The van der Waals surface area contributed by atoms with E-state index in [2.05, 4.69) is 5.32 Å². The number of hydrogen-bond acceptors (Lipinski definition) is 2. The van der Waals surface area contributed by atoms with Crippen molar-refractivity contribution in [2.75, 3.05) is 11.9 Å². The fraction of sp³-hybridized carbons (Fsp3) is 0.571. The number of benzene rings is 1. The normalized spacial score (nSPS) is 30.8. The number of nitrogens with zero attached hydrogens (tertiary/aromatic N) is 1. The molecule has 2 heterocycles. The summed E-state index contributed by atoms with van der Waals surface area (Å²) in [6, 6.07) is 5.15. The zero-order valence-corrected chi connectivity index (χ0v) is 10.5. The number of nitrogens with one attached hydrogen (secondary N) is 1. The van der Waals surface area contributed by atoms with Crippen molar-refractivity contribution in [2.24, 2.45) is 0 Å². The van der Waals surface area contributed by atoms with Crippen LogP contribution in [0.1, 0.15) is 25.7 Å². The molecule has 0 aromatic heterocycles. The number of halogens is 2. The maximum Gasteiger partial charge on any atom is 0.149 e. The summed E-state index contributed by atoms with van der Waals surface area (Å²) in [5.41, 5.74) is 0.180. The van der Waals surface area contributed by atoms with Gasteiger partial charge in [0.1, 0.15) is 17.3 Å². The van der Waals surface area contributed by atoms with Crippen LogP contribution in [-0.2, 0) is 0 Å². The topological polar surface area (TPSA) is 15.3 Å². The predicted molar refractivity (Wildman–Crippen MR) is 67.7 cm³/mol. The van der Waals surface area contributed by atoms with E-state index in [-0.39, 0.29) is 17.8 Å². The minimum absolute atomic E-state index is 0.180. The van der Waals surface area contributed by atoms with Crippen molar-refractivity contribution in [3.63, 3.8) is 0 Å². The molecule has 2 bridgehead atoms. The third-order valence-corrected chi connectivity index (χ3v) is 4.34. The Hall–Kier alpha value is -1.16. The molecule has 2 unspecified atom stereocenters. The van der Waals surface area contributed by atoms with Gasteiger partial charge < -0.3 is 10.2 Å². The molecule has 1 aromatic rings. The second-order valence-electron chi connectivity index (χ2n) is 5.32. The van der Waals surface area contributed by atoms with Crippen LogP contribution in [0.4, 0.5) is 14.5 Å². The van der Waals surface area contributed by atoms with Gasteiger partial charge in [-0.3, -0.25) is 0 Å². The van der Waals surface area contributed by atoms with E-state index in [0.717, 1.165) is 25.7 Å². The van der Waals surface area contributed by atoms with Gasteiger partial charge in [-0.05, 0) is 44.9 Å². The Morgan fingerprint density at radius 1 is 1.11 bits per heavy atom. The predicted octanol–water partition coefficient (Wildman–Crippen LogP) is 2.68. The van der Waals surface area contributed by atoms with Crippen LogP contribution >= 0.6 is 0 Å². The summed E-state index contributed by atoms with van der Waals surface area (Å²) in [5, 5.41) is 3.29. The van der Waals surface area contributed by atoms with Crippen LogP contribution in [0.25, 0.3) is 0 Å². The average molecular weight is 252 g/mol. The van der Waals surface area contributed by atoms with Crippen molar-refractivity contribution in [1.29, 1.82) is 0 Å². The van der Waals surface area contributed by atoms with Crippen molar-refractivity contribution >= 4 is 5.69 Å². The van der Waals surface area contributed by atoms with E-state index in [9.17, 15) is 8.78 Å². The molecule has 2 fully saturated rings. The maximum atomic E-state index is 13.9. The molecular weight excluding hydrogens is 234 g/mol. The van der Waals surface area contributed by atoms with E-state index in [1.807, 2.05) is 11.9 Å². The molecule has 0 radical (unpaired) electrons. The standard InChI is InChI=1S/C14H18F2N2/c1-17-9-7-10-5-6-11(8-9)18(10)14-12(15)3-2-4-13(14)16/h2-4,9-11,17H,5-8H2,1H3. The average Bonchev–Trinajstić information content (AvgIpc) is 2.61. The van der Waals surface area contributed by atoms with Gasteiger partial charge in [0.05, 0.1) is 0 Å². The fourth-order valence-electron chi connectivity index (χ4n) is 3.51. The van der Waals surface area contributed by atoms with Crippen LogP contribution in [0.15, 0.2) is 18.2 Å². The van der Waals surface area contributed by atoms with Crippen molar-refractivity contribution in [2.45, 2.75) is 43.8 Å². The molecule has 2 atom stereocenters. The van der Waals surface area contributed by atoms with E-state index < -0.39 is 11.6 Å². The highest BCUT2D eigenvalue weighted by atomic mass is 19.1. The summed E-state index contributed by atoms with van der Waals surface area (Å²) in [5.74, 6) is -0.871. The Balaban J connectivity index is 1.94. The molecule has 0 saturated carbocycles. The maximum absolute atomic E-state index is 13.9. The Morgan fingerprint density at radius 2 is 1.67 bits per heavy atom. The van der Waals surface area contributed by atoms with Gasteiger partial charge in [0.15, 0.2) is 0 Å². The molecule has 4 heteroatoms. The van der Waals surface area contributed by atoms with Crippen LogP contribution in [-0.4, -0.2) is 25.2 Å². The van der Waals surface area contributed by atoms with Crippen LogP contribution in [0.2, 0.25) is 0 Å². The zero-order chi connectivity index (χ0) is 12.7. The third-order valence-electron chi connectivity index (χ3n) is 4.34. The second kappa shape index (κ2) is 4.50. The molecule has 2 nitrogen and oxygen atoms in total. The SMILES string of the molecule is CNC1CC2CCC(C1)N2c1c(F)cccc1F. The number of anilines is 1. The van der Waals surface area contributed by atoms with Gasteiger partial charge in [-0.25, -0.2) is 8.78 Å². The van der Waals surface area contributed by atoms with Gasteiger partial charge in [-0.1, -0.05) is 6.07 Å². The first-order valence-corrected chi connectivity index (χ1v) is 6.60. The molecule has 1 N–H and O–H groups in total. The summed E-state index contributed by atoms with van der Waals surface area (Å²) in [4.78, 5) is 1.98. The molecule has 0 amide bonds. The number of fused-ring (bicyclic) bond motifs is 2. The van der Waals surface area contributed by atoms with Gasteiger partial charge in [-0.2, -0.15) is 0 Å². The molecule has 2 aliphatic heterocycles. The summed E-state index contributed by atoms with van der Waals surface area (Å²) < 4.78 is 27.8. The second-order valence-corrected chi connectivity index (χ2v) is 5.32. The molecule has 0 aliphatic carbocycles. The molecule has 2 aliphatic rings. The largest absolute Gasteiger partial charge is 0.361 e. The molecule has 18 heavy (non-hydrogen) atoms. The smallest absolute Gasteiger partial charge is 0.149 e. The lowest BCUT2D eigenvalue weighted by Crippen LogP contribution is -2.49. The molecule has 98 valence electrons. The first kappa shape index (κ1) is 11.9. The lowest BCUT2D eigenvalue weighted by molar-refractivity contribution is 0.367. The monoisotopic (exact) mass is 252 g/mol. The number of hydrogen-bond donors (Lipinski definition) is 1. The van der Waals surface area contributed by atoms with Crippen molar-refractivity contribution in [3.05, 3.63) is 29.8 Å². The zero-order valence-electron chi connectivity index (χ0n) is 10.5. The van der Waals surface area contributed by atoms with E-state index in [0.29, 0.717) is 6.04 Å². The molecular formula is C14H18F2N2. The van der Waals surface area contributed by atoms with Crippen LogP contribution < -0.4 is 10.2 Å². The Labute approximate surface area is 106 Å². The van der Waals surface area contributed by atoms with E-state index >= 15 is 0 Å². The lowest BCUT2D eigenvalue weighted by Gasteiger charge is -2.40. The fourth-order valence-corrected chi connectivity index (χ4v) is 3.51. The summed E-state index contributed by atoms with van der Waals surface area (Å²) in [6.07, 6.45) is 4.02. The number of piperidine rings is 1. The summed E-state index contributed by atoms with van der Waals surface area (Å²) in [7, 11) is 1.96. The quantitative estimate of drug-likeness (QED) is 0.870. The van der Waals surface area contributed by atoms with Gasteiger partial charge >= 0.3 is 0 Å². The van der Waals surface area contributed by atoms with Crippen molar-refractivity contribution < 1.29 is 8.78 Å². The molecule has 3 rings (SSSR count). The lowest BCUT2D eigenvalue weighted by atomic mass is 9.96. The van der Waals surface area contributed by atoms with Gasteiger partial charge in [0.2, 0.25) is 0 Å². The van der Waals surface area contributed by atoms with Crippen LogP contribution in [0.3, 0.4) is 0 Å². The number of rotatable bonds is 2. The van der Waals surface area contributed by atoms with Crippen LogP contribution in [0.5, 0.6) is 0 Å². The Morgan fingerprint density at radius 3 is 2.17 bits per heavy atom. The summed E-state index contributed by atoms with van der Waals surface area (Å²) >= 11 is 0. The highest BCUT2D eigenvalue weighted by Gasteiger charge is 2.42. The van der Waals surface area contributed by atoms with Crippen molar-refractivity contribution in [1.82, 2.24) is 5.32 Å². The highest BCUT2D eigenvalue weighted by Crippen LogP contribution is 2.41. The minimum atomic E-state index is -0.435. The van der Waals surface area contributed by atoms with Gasteiger partial charge in [0.25, 0.3) is 0 Å². The van der Waals surface area contributed by atoms with E-state index in [1.165, 1.54) is 18.2 Å². The van der Waals surface area contributed by atoms with Crippen molar-refractivity contribution in [3.8, 4) is 0 Å². The molecule has 1 aromatic carbocycles. The Bertz CT molecular complexity index is 415. The molecule has 0 spiro atoms. The molecule has 2 saturated heterocycles. The number of para-hydroxylation sites is 1. The summed E-state index contributed by atoms with van der Waals surface area (Å²) in [6.45, 7) is 0. The van der Waals surface area contributed by atoms with Gasteiger partial charge in [-0.15, -0.1) is 0 Å². The minimum Gasteiger partial charge on any atom is -0.361 e. The van der Waals surface area contributed by atoms with Crippen LogP contribution in [0, 0.1) is 11.6 Å². The van der Waals surface area contributed by atoms with E-state index in [1.54, 1.807) is 0 Å². The van der Waals surface area contributed by atoms with Gasteiger partial charge in [0, 0.05) is 18.1 Å².